The van der Waals surface area contributed by atoms with Crippen molar-refractivity contribution in [1.29, 1.82) is 0 Å². The summed E-state index contributed by atoms with van der Waals surface area (Å²) in [6.45, 7) is 2.86. The predicted molar refractivity (Wildman–Crippen MR) is 93.7 cm³/mol. The van der Waals surface area contributed by atoms with E-state index in [1.807, 2.05) is 36.4 Å². The lowest BCUT2D eigenvalue weighted by molar-refractivity contribution is -0.123. The first-order valence-electron chi connectivity index (χ1n) is 7.96. The molecule has 0 radical (unpaired) electrons. The van der Waals surface area contributed by atoms with Gasteiger partial charge in [-0.05, 0) is 35.7 Å². The summed E-state index contributed by atoms with van der Waals surface area (Å²) in [5, 5.41) is 14.7. The molecule has 24 heavy (non-hydrogen) atoms. The van der Waals surface area contributed by atoms with E-state index in [0.29, 0.717) is 13.2 Å². The number of rotatable bonds is 8. The normalized spacial score (nSPS) is 11.8. The summed E-state index contributed by atoms with van der Waals surface area (Å²) in [6, 6.07) is 15.2. The summed E-state index contributed by atoms with van der Waals surface area (Å²) in [7, 11) is 1.55. The molecule has 2 aromatic carbocycles. The van der Waals surface area contributed by atoms with E-state index < -0.39 is 6.04 Å². The number of carbonyl (C=O) groups is 1. The SMILES string of the molecule is CNC(=O)C(CO)NCc1ccc(OCc2ccccc2C)cc1. The van der Waals surface area contributed by atoms with Crippen LogP contribution in [0.5, 0.6) is 5.75 Å². The van der Waals surface area contributed by atoms with Crippen LogP contribution in [0.15, 0.2) is 48.5 Å². The summed E-state index contributed by atoms with van der Waals surface area (Å²) < 4.78 is 5.81. The molecule has 0 fully saturated rings. The van der Waals surface area contributed by atoms with Gasteiger partial charge in [0.15, 0.2) is 0 Å². The fourth-order valence-corrected chi connectivity index (χ4v) is 2.29. The van der Waals surface area contributed by atoms with Crippen molar-refractivity contribution in [3.8, 4) is 5.75 Å². The van der Waals surface area contributed by atoms with Gasteiger partial charge >= 0.3 is 0 Å². The molecule has 0 spiro atoms. The molecule has 2 aromatic rings. The number of nitrogens with one attached hydrogen (secondary N) is 2. The molecular weight excluding hydrogens is 304 g/mol. The number of amides is 1. The maximum Gasteiger partial charge on any atom is 0.239 e. The van der Waals surface area contributed by atoms with Crippen LogP contribution in [0, 0.1) is 6.92 Å². The van der Waals surface area contributed by atoms with E-state index in [1.165, 1.54) is 11.1 Å². The van der Waals surface area contributed by atoms with Gasteiger partial charge in [-0.1, -0.05) is 36.4 Å². The number of ether oxygens (including phenoxy) is 1. The molecule has 1 amide bonds. The van der Waals surface area contributed by atoms with Gasteiger partial charge in [0.05, 0.1) is 6.61 Å². The molecule has 5 nitrogen and oxygen atoms in total. The van der Waals surface area contributed by atoms with Gasteiger partial charge in [-0.2, -0.15) is 0 Å². The second kappa shape index (κ2) is 9.05. The Balaban J connectivity index is 1.86. The number of aliphatic hydroxyl groups excluding tert-OH is 1. The van der Waals surface area contributed by atoms with Crippen LogP contribution in [0.3, 0.4) is 0 Å². The van der Waals surface area contributed by atoms with E-state index in [0.717, 1.165) is 11.3 Å². The third-order valence-corrected chi connectivity index (χ3v) is 3.88. The monoisotopic (exact) mass is 328 g/mol. The number of aryl methyl sites for hydroxylation is 1. The van der Waals surface area contributed by atoms with Crippen molar-refractivity contribution in [2.45, 2.75) is 26.1 Å². The van der Waals surface area contributed by atoms with E-state index in [2.05, 4.69) is 29.7 Å². The first kappa shape index (κ1) is 18.0. The Morgan fingerprint density at radius 3 is 2.50 bits per heavy atom. The van der Waals surface area contributed by atoms with Crippen molar-refractivity contribution in [2.75, 3.05) is 13.7 Å². The van der Waals surface area contributed by atoms with Gasteiger partial charge in [0.25, 0.3) is 0 Å². The van der Waals surface area contributed by atoms with E-state index >= 15 is 0 Å². The zero-order valence-electron chi connectivity index (χ0n) is 14.1. The van der Waals surface area contributed by atoms with Gasteiger partial charge in [0.2, 0.25) is 5.91 Å². The first-order valence-corrected chi connectivity index (χ1v) is 7.96. The number of hydrogen-bond donors (Lipinski definition) is 3. The molecule has 0 saturated carbocycles. The Bertz CT molecular complexity index is 656. The number of aliphatic hydroxyl groups is 1. The Morgan fingerprint density at radius 2 is 1.88 bits per heavy atom. The van der Waals surface area contributed by atoms with Crippen molar-refractivity contribution in [3.63, 3.8) is 0 Å². The molecule has 0 aliphatic carbocycles. The average molecular weight is 328 g/mol. The zero-order valence-corrected chi connectivity index (χ0v) is 14.1. The van der Waals surface area contributed by atoms with Crippen molar-refractivity contribution in [2.24, 2.45) is 0 Å². The Hall–Kier alpha value is -2.37. The minimum Gasteiger partial charge on any atom is -0.489 e. The molecule has 2 rings (SSSR count). The molecule has 0 saturated heterocycles. The molecule has 1 unspecified atom stereocenters. The fraction of sp³-hybridized carbons (Fsp3) is 0.316. The molecule has 5 heteroatoms. The molecular formula is C19H24N2O3. The quantitative estimate of drug-likeness (QED) is 0.691. The minimum absolute atomic E-state index is 0.226. The molecule has 0 heterocycles. The van der Waals surface area contributed by atoms with Crippen LogP contribution in [0.2, 0.25) is 0 Å². The number of carbonyl (C=O) groups excluding carboxylic acids is 1. The molecule has 0 aliphatic rings. The lowest BCUT2D eigenvalue weighted by Crippen LogP contribution is -2.44. The summed E-state index contributed by atoms with van der Waals surface area (Å²) in [6.07, 6.45) is 0. The summed E-state index contributed by atoms with van der Waals surface area (Å²) >= 11 is 0. The van der Waals surface area contributed by atoms with Gasteiger partial charge in [-0.15, -0.1) is 0 Å². The largest absolute Gasteiger partial charge is 0.489 e. The first-order chi connectivity index (χ1) is 11.6. The van der Waals surface area contributed by atoms with E-state index in [4.69, 9.17) is 4.74 Å². The smallest absolute Gasteiger partial charge is 0.239 e. The maximum atomic E-state index is 11.5. The van der Waals surface area contributed by atoms with Gasteiger partial charge in [0.1, 0.15) is 18.4 Å². The maximum absolute atomic E-state index is 11.5. The highest BCUT2D eigenvalue weighted by atomic mass is 16.5. The molecule has 3 N–H and O–H groups in total. The number of hydrogen-bond acceptors (Lipinski definition) is 4. The number of benzene rings is 2. The highest BCUT2D eigenvalue weighted by molar-refractivity contribution is 5.81. The average Bonchev–Trinajstić information content (AvgIpc) is 2.62. The molecule has 128 valence electrons. The highest BCUT2D eigenvalue weighted by Crippen LogP contribution is 2.15. The third-order valence-electron chi connectivity index (χ3n) is 3.88. The Labute approximate surface area is 142 Å². The summed E-state index contributed by atoms with van der Waals surface area (Å²) in [5.41, 5.74) is 3.39. The van der Waals surface area contributed by atoms with Crippen LogP contribution in [-0.4, -0.2) is 30.7 Å². The second-order valence-electron chi connectivity index (χ2n) is 5.59. The van der Waals surface area contributed by atoms with Crippen LogP contribution >= 0.6 is 0 Å². The second-order valence-corrected chi connectivity index (χ2v) is 5.59. The Morgan fingerprint density at radius 1 is 1.17 bits per heavy atom. The van der Waals surface area contributed by atoms with Crippen LogP contribution in [0.25, 0.3) is 0 Å². The number of likely N-dealkylation sites (N-methyl/N-ethyl adjacent to an activating group) is 1. The lowest BCUT2D eigenvalue weighted by atomic mass is 10.1. The van der Waals surface area contributed by atoms with Gasteiger partial charge in [-0.3, -0.25) is 10.1 Å². The predicted octanol–water partition coefficient (Wildman–Crippen LogP) is 1.77. The van der Waals surface area contributed by atoms with Crippen molar-refractivity contribution in [1.82, 2.24) is 10.6 Å². The van der Waals surface area contributed by atoms with Gasteiger partial charge < -0.3 is 15.2 Å². The highest BCUT2D eigenvalue weighted by Gasteiger charge is 2.14. The van der Waals surface area contributed by atoms with Crippen molar-refractivity contribution < 1.29 is 14.6 Å². The van der Waals surface area contributed by atoms with Crippen LogP contribution in [-0.2, 0) is 17.9 Å². The summed E-state index contributed by atoms with van der Waals surface area (Å²) in [4.78, 5) is 11.5. The van der Waals surface area contributed by atoms with E-state index in [1.54, 1.807) is 7.05 Å². The lowest BCUT2D eigenvalue weighted by Gasteiger charge is -2.15. The standard InChI is InChI=1S/C19H24N2O3/c1-14-5-3-4-6-16(14)13-24-17-9-7-15(8-10-17)11-21-18(12-22)19(23)20-2/h3-10,18,21-22H,11-13H2,1-2H3,(H,20,23). The molecule has 0 aliphatic heterocycles. The van der Waals surface area contributed by atoms with Crippen LogP contribution in [0.4, 0.5) is 0 Å². The Kier molecular flexibility index (Phi) is 6.78. The van der Waals surface area contributed by atoms with E-state index in [-0.39, 0.29) is 12.5 Å². The van der Waals surface area contributed by atoms with Crippen LogP contribution in [0.1, 0.15) is 16.7 Å². The van der Waals surface area contributed by atoms with E-state index in [9.17, 15) is 9.90 Å². The van der Waals surface area contributed by atoms with Crippen LogP contribution < -0.4 is 15.4 Å². The molecule has 1 atom stereocenters. The minimum atomic E-state index is -0.605. The van der Waals surface area contributed by atoms with Gasteiger partial charge in [-0.25, -0.2) is 0 Å². The topological polar surface area (TPSA) is 70.6 Å². The zero-order chi connectivity index (χ0) is 17.4. The molecule has 0 aromatic heterocycles. The fourth-order valence-electron chi connectivity index (χ4n) is 2.29. The summed E-state index contributed by atoms with van der Waals surface area (Å²) in [5.74, 6) is 0.572. The van der Waals surface area contributed by atoms with Crippen molar-refractivity contribution >= 4 is 5.91 Å². The van der Waals surface area contributed by atoms with Crippen molar-refractivity contribution in [3.05, 3.63) is 65.2 Å². The molecule has 0 bridgehead atoms. The van der Waals surface area contributed by atoms with Gasteiger partial charge in [0, 0.05) is 13.6 Å². The third kappa shape index (κ3) is 5.08.